The molecule has 2 heteroatoms. The van der Waals surface area contributed by atoms with Crippen molar-refractivity contribution in [1.82, 2.24) is 9.88 Å². The molecule has 1 aromatic heterocycles. The Morgan fingerprint density at radius 2 is 2.16 bits per heavy atom. The number of fused-ring (bicyclic) bond motifs is 1. The van der Waals surface area contributed by atoms with E-state index in [4.69, 9.17) is 0 Å². The number of benzene rings is 1. The third kappa shape index (κ3) is 3.62. The molecule has 0 amide bonds. The lowest BCUT2D eigenvalue weighted by atomic mass is 10.1. The zero-order valence-corrected chi connectivity index (χ0v) is 11.9. The summed E-state index contributed by atoms with van der Waals surface area (Å²) in [5, 5.41) is 4.76. The Labute approximate surface area is 115 Å². The van der Waals surface area contributed by atoms with E-state index in [0.717, 1.165) is 26.1 Å². The molecule has 0 bridgehead atoms. The molecule has 0 aliphatic rings. The van der Waals surface area contributed by atoms with Crippen LogP contribution in [0.2, 0.25) is 0 Å². The van der Waals surface area contributed by atoms with Gasteiger partial charge in [0.05, 0.1) is 0 Å². The maximum absolute atomic E-state index is 3.45. The molecule has 0 fully saturated rings. The number of aromatic nitrogens is 1. The van der Waals surface area contributed by atoms with Crippen molar-refractivity contribution in [2.75, 3.05) is 6.54 Å². The highest BCUT2D eigenvalue weighted by atomic mass is 14.9. The summed E-state index contributed by atoms with van der Waals surface area (Å²) < 4.78 is 2.29. The third-order valence-corrected chi connectivity index (χ3v) is 3.25. The lowest BCUT2D eigenvalue weighted by molar-refractivity contribution is 0.675. The summed E-state index contributed by atoms with van der Waals surface area (Å²) in [4.78, 5) is 0. The Bertz CT molecular complexity index is 584. The van der Waals surface area contributed by atoms with Crippen molar-refractivity contribution < 1.29 is 0 Å². The smallest absolute Gasteiger partial charge is 0.0483 e. The van der Waals surface area contributed by atoms with Crippen LogP contribution in [-0.2, 0) is 13.1 Å². The molecule has 0 atom stereocenters. The fourth-order valence-corrected chi connectivity index (χ4v) is 2.25. The standard InChI is InChI=1S/C17H22N2/c1-3-5-6-11-19-12-9-16-8-7-15(13-17(16)19)14-18-10-4-2/h7-9,12-13,18H,4,6,10-11,14H2,1-2H3. The number of nitrogens with zero attached hydrogens (tertiary/aromatic N) is 1. The van der Waals surface area contributed by atoms with Gasteiger partial charge >= 0.3 is 0 Å². The summed E-state index contributed by atoms with van der Waals surface area (Å²) in [5.41, 5.74) is 2.66. The zero-order chi connectivity index (χ0) is 13.5. The van der Waals surface area contributed by atoms with Gasteiger partial charge in [0.15, 0.2) is 0 Å². The minimum atomic E-state index is 0.915. The average molecular weight is 254 g/mol. The highest BCUT2D eigenvalue weighted by molar-refractivity contribution is 5.80. The minimum absolute atomic E-state index is 0.915. The molecule has 2 aromatic rings. The largest absolute Gasteiger partial charge is 0.347 e. The van der Waals surface area contributed by atoms with Gasteiger partial charge in [-0.2, -0.15) is 0 Å². The van der Waals surface area contributed by atoms with E-state index in [-0.39, 0.29) is 0 Å². The van der Waals surface area contributed by atoms with E-state index in [2.05, 4.69) is 59.1 Å². The second-order valence-corrected chi connectivity index (χ2v) is 4.76. The first kappa shape index (κ1) is 13.7. The van der Waals surface area contributed by atoms with E-state index in [1.807, 2.05) is 6.92 Å². The van der Waals surface area contributed by atoms with Gasteiger partial charge in [-0.25, -0.2) is 0 Å². The maximum Gasteiger partial charge on any atom is 0.0483 e. The maximum atomic E-state index is 3.45. The molecule has 0 radical (unpaired) electrons. The van der Waals surface area contributed by atoms with Crippen LogP contribution in [-0.4, -0.2) is 11.1 Å². The first-order valence-corrected chi connectivity index (χ1v) is 7.03. The van der Waals surface area contributed by atoms with Crippen molar-refractivity contribution in [3.8, 4) is 11.8 Å². The second-order valence-electron chi connectivity index (χ2n) is 4.76. The van der Waals surface area contributed by atoms with Gasteiger partial charge in [0.2, 0.25) is 0 Å². The van der Waals surface area contributed by atoms with Crippen LogP contribution in [0, 0.1) is 11.8 Å². The van der Waals surface area contributed by atoms with E-state index < -0.39 is 0 Å². The summed E-state index contributed by atoms with van der Waals surface area (Å²) in [6, 6.07) is 8.89. The summed E-state index contributed by atoms with van der Waals surface area (Å²) >= 11 is 0. The van der Waals surface area contributed by atoms with Crippen LogP contribution in [0.4, 0.5) is 0 Å². The van der Waals surface area contributed by atoms with Crippen molar-refractivity contribution in [3.05, 3.63) is 36.0 Å². The molecule has 0 unspecified atom stereocenters. The van der Waals surface area contributed by atoms with Crippen LogP contribution in [0.25, 0.3) is 10.9 Å². The van der Waals surface area contributed by atoms with Gasteiger partial charge in [0, 0.05) is 31.2 Å². The molecular weight excluding hydrogens is 232 g/mol. The topological polar surface area (TPSA) is 17.0 Å². The monoisotopic (exact) mass is 254 g/mol. The molecule has 1 aromatic carbocycles. The van der Waals surface area contributed by atoms with Crippen molar-refractivity contribution in [1.29, 1.82) is 0 Å². The molecule has 1 N–H and O–H groups in total. The number of hydrogen-bond acceptors (Lipinski definition) is 1. The van der Waals surface area contributed by atoms with Crippen molar-refractivity contribution in [3.63, 3.8) is 0 Å². The van der Waals surface area contributed by atoms with E-state index in [1.165, 1.54) is 22.9 Å². The Balaban J connectivity index is 2.13. The summed E-state index contributed by atoms with van der Waals surface area (Å²) in [6.07, 6.45) is 4.25. The van der Waals surface area contributed by atoms with E-state index in [0.29, 0.717) is 0 Å². The van der Waals surface area contributed by atoms with Crippen LogP contribution < -0.4 is 5.32 Å². The van der Waals surface area contributed by atoms with Crippen LogP contribution in [0.3, 0.4) is 0 Å². The fourth-order valence-electron chi connectivity index (χ4n) is 2.25. The first-order valence-electron chi connectivity index (χ1n) is 7.03. The van der Waals surface area contributed by atoms with Gasteiger partial charge < -0.3 is 9.88 Å². The lowest BCUT2D eigenvalue weighted by Crippen LogP contribution is -2.13. The van der Waals surface area contributed by atoms with Gasteiger partial charge in [0.1, 0.15) is 0 Å². The summed E-state index contributed by atoms with van der Waals surface area (Å²) in [6.45, 7) is 7.08. The van der Waals surface area contributed by atoms with Crippen molar-refractivity contribution >= 4 is 10.9 Å². The first-order chi connectivity index (χ1) is 9.35. The SMILES string of the molecule is CC#CCCn1ccc2ccc(CNCCC)cc21. The number of nitrogens with one attached hydrogen (secondary N) is 1. The zero-order valence-electron chi connectivity index (χ0n) is 11.9. The van der Waals surface area contributed by atoms with Crippen LogP contribution in [0.15, 0.2) is 30.5 Å². The van der Waals surface area contributed by atoms with E-state index in [1.54, 1.807) is 0 Å². The van der Waals surface area contributed by atoms with Crippen LogP contribution >= 0.6 is 0 Å². The van der Waals surface area contributed by atoms with E-state index in [9.17, 15) is 0 Å². The number of aryl methyl sites for hydroxylation is 1. The third-order valence-electron chi connectivity index (χ3n) is 3.25. The molecule has 0 aliphatic heterocycles. The van der Waals surface area contributed by atoms with Gasteiger partial charge in [-0.3, -0.25) is 0 Å². The molecule has 0 spiro atoms. The number of hydrogen-bond donors (Lipinski definition) is 1. The molecule has 0 saturated heterocycles. The number of rotatable bonds is 6. The average Bonchev–Trinajstić information content (AvgIpc) is 2.82. The summed E-state index contributed by atoms with van der Waals surface area (Å²) in [7, 11) is 0. The molecule has 0 aliphatic carbocycles. The van der Waals surface area contributed by atoms with Crippen molar-refractivity contribution in [2.45, 2.75) is 39.8 Å². The molecule has 2 rings (SSSR count). The molecule has 0 saturated carbocycles. The van der Waals surface area contributed by atoms with Gasteiger partial charge in [-0.15, -0.1) is 11.8 Å². The quantitative estimate of drug-likeness (QED) is 0.616. The lowest BCUT2D eigenvalue weighted by Gasteiger charge is -2.06. The summed E-state index contributed by atoms with van der Waals surface area (Å²) in [5.74, 6) is 6.08. The normalized spacial score (nSPS) is 10.4. The van der Waals surface area contributed by atoms with Gasteiger partial charge in [-0.1, -0.05) is 19.1 Å². The fraction of sp³-hybridized carbons (Fsp3) is 0.412. The Morgan fingerprint density at radius 3 is 2.95 bits per heavy atom. The van der Waals surface area contributed by atoms with Gasteiger partial charge in [0.25, 0.3) is 0 Å². The molecule has 19 heavy (non-hydrogen) atoms. The van der Waals surface area contributed by atoms with Crippen molar-refractivity contribution in [2.24, 2.45) is 0 Å². The highest BCUT2D eigenvalue weighted by Gasteiger charge is 2.02. The van der Waals surface area contributed by atoms with Gasteiger partial charge in [-0.05, 0) is 43.0 Å². The highest BCUT2D eigenvalue weighted by Crippen LogP contribution is 2.18. The Hall–Kier alpha value is -1.72. The molecular formula is C17H22N2. The van der Waals surface area contributed by atoms with Crippen LogP contribution in [0.5, 0.6) is 0 Å². The predicted molar refractivity (Wildman–Crippen MR) is 82.0 cm³/mol. The Kier molecular flexibility index (Phi) is 5.06. The molecule has 100 valence electrons. The Morgan fingerprint density at radius 1 is 1.26 bits per heavy atom. The molecule has 2 nitrogen and oxygen atoms in total. The van der Waals surface area contributed by atoms with Crippen LogP contribution in [0.1, 0.15) is 32.3 Å². The van der Waals surface area contributed by atoms with E-state index >= 15 is 0 Å². The minimum Gasteiger partial charge on any atom is -0.347 e. The molecule has 1 heterocycles. The predicted octanol–water partition coefficient (Wildman–Crippen LogP) is 3.55. The second kappa shape index (κ2) is 7.01.